The van der Waals surface area contributed by atoms with Crippen LogP contribution in [0.15, 0.2) is 0 Å². The van der Waals surface area contributed by atoms with Crippen LogP contribution in [0.3, 0.4) is 0 Å². The number of rotatable bonds is 2. The van der Waals surface area contributed by atoms with Gasteiger partial charge in [0.2, 0.25) is 5.91 Å². The Morgan fingerprint density at radius 1 is 1.12 bits per heavy atom. The van der Waals surface area contributed by atoms with Gasteiger partial charge in [0.25, 0.3) is 0 Å². The number of carbonyl (C=O) groups is 1. The minimum absolute atomic E-state index is 0.105. The first-order valence-electron chi connectivity index (χ1n) is 7.22. The van der Waals surface area contributed by atoms with Gasteiger partial charge in [0.15, 0.2) is 0 Å². The van der Waals surface area contributed by atoms with E-state index >= 15 is 0 Å². The van der Waals surface area contributed by atoms with E-state index in [0.717, 1.165) is 32.1 Å². The number of carbonyl (C=O) groups excluding carboxylic acids is 1. The Morgan fingerprint density at radius 2 is 1.76 bits per heavy atom. The summed E-state index contributed by atoms with van der Waals surface area (Å²) in [6, 6.07) is 0.353. The van der Waals surface area contributed by atoms with Crippen molar-refractivity contribution in [3.8, 4) is 0 Å². The van der Waals surface area contributed by atoms with Gasteiger partial charge in [-0.2, -0.15) is 0 Å². The van der Waals surface area contributed by atoms with Gasteiger partial charge in [-0.15, -0.1) is 0 Å². The molecule has 0 saturated heterocycles. The van der Waals surface area contributed by atoms with Gasteiger partial charge >= 0.3 is 0 Å². The quantitative estimate of drug-likeness (QED) is 0.726. The molecule has 98 valence electrons. The maximum atomic E-state index is 12.3. The van der Waals surface area contributed by atoms with Crippen LogP contribution in [-0.2, 0) is 4.79 Å². The molecule has 0 aromatic rings. The molecule has 3 nitrogen and oxygen atoms in total. The van der Waals surface area contributed by atoms with Crippen molar-refractivity contribution in [3.05, 3.63) is 0 Å². The van der Waals surface area contributed by atoms with Crippen LogP contribution in [0.2, 0.25) is 0 Å². The molecule has 2 atom stereocenters. The van der Waals surface area contributed by atoms with E-state index in [0.29, 0.717) is 12.0 Å². The number of nitrogens with one attached hydrogen (secondary N) is 1. The fraction of sp³-hybridized carbons (Fsp3) is 0.929. The molecule has 0 heterocycles. The molecule has 2 unspecified atom stereocenters. The van der Waals surface area contributed by atoms with E-state index in [4.69, 9.17) is 5.73 Å². The van der Waals surface area contributed by atoms with Gasteiger partial charge < -0.3 is 11.1 Å². The van der Waals surface area contributed by atoms with Crippen molar-refractivity contribution >= 4 is 5.91 Å². The van der Waals surface area contributed by atoms with E-state index in [9.17, 15) is 4.79 Å². The fourth-order valence-electron chi connectivity index (χ4n) is 3.25. The summed E-state index contributed by atoms with van der Waals surface area (Å²) in [5, 5.41) is 3.23. The standard InChI is InChI=1S/C14H26N2O/c1-11-7-3-2-4-8-12(11)16-13(17)14(15)9-5-6-10-14/h11-12H,2-10,15H2,1H3,(H,16,17). The van der Waals surface area contributed by atoms with Crippen LogP contribution >= 0.6 is 0 Å². The number of amides is 1. The van der Waals surface area contributed by atoms with Gasteiger partial charge in [0.1, 0.15) is 0 Å². The molecule has 0 radical (unpaired) electrons. The van der Waals surface area contributed by atoms with Gasteiger partial charge in [-0.25, -0.2) is 0 Å². The molecule has 2 aliphatic carbocycles. The molecule has 1 amide bonds. The second kappa shape index (κ2) is 5.38. The van der Waals surface area contributed by atoms with Crippen LogP contribution in [0.25, 0.3) is 0 Å². The minimum atomic E-state index is -0.563. The van der Waals surface area contributed by atoms with E-state index in [-0.39, 0.29) is 5.91 Å². The first-order chi connectivity index (χ1) is 8.12. The Hall–Kier alpha value is -0.570. The zero-order valence-electron chi connectivity index (χ0n) is 11.0. The highest BCUT2D eigenvalue weighted by molar-refractivity contribution is 5.86. The monoisotopic (exact) mass is 238 g/mol. The molecule has 0 aliphatic heterocycles. The Morgan fingerprint density at radius 3 is 2.47 bits per heavy atom. The summed E-state index contributed by atoms with van der Waals surface area (Å²) in [7, 11) is 0. The maximum Gasteiger partial charge on any atom is 0.240 e. The molecular weight excluding hydrogens is 212 g/mol. The summed E-state index contributed by atoms with van der Waals surface area (Å²) in [6.45, 7) is 2.26. The molecule has 2 fully saturated rings. The van der Waals surface area contributed by atoms with Crippen molar-refractivity contribution in [2.75, 3.05) is 0 Å². The second-order valence-corrected chi connectivity index (χ2v) is 6.06. The first kappa shape index (κ1) is 12.9. The van der Waals surface area contributed by atoms with Crippen molar-refractivity contribution in [3.63, 3.8) is 0 Å². The first-order valence-corrected chi connectivity index (χ1v) is 7.22. The van der Waals surface area contributed by atoms with Crippen molar-refractivity contribution in [1.29, 1.82) is 0 Å². The zero-order chi connectivity index (χ0) is 12.3. The van der Waals surface area contributed by atoms with Gasteiger partial charge in [0, 0.05) is 6.04 Å². The highest BCUT2D eigenvalue weighted by atomic mass is 16.2. The van der Waals surface area contributed by atoms with E-state index in [1.54, 1.807) is 0 Å². The molecule has 0 aromatic heterocycles. The fourth-order valence-corrected chi connectivity index (χ4v) is 3.25. The van der Waals surface area contributed by atoms with Crippen LogP contribution in [0.5, 0.6) is 0 Å². The second-order valence-electron chi connectivity index (χ2n) is 6.06. The molecule has 2 rings (SSSR count). The largest absolute Gasteiger partial charge is 0.352 e. The highest BCUT2D eigenvalue weighted by Gasteiger charge is 2.38. The van der Waals surface area contributed by atoms with Crippen molar-refractivity contribution in [2.45, 2.75) is 76.3 Å². The van der Waals surface area contributed by atoms with E-state index in [2.05, 4.69) is 12.2 Å². The average molecular weight is 238 g/mol. The van der Waals surface area contributed by atoms with Crippen LogP contribution < -0.4 is 11.1 Å². The molecule has 17 heavy (non-hydrogen) atoms. The summed E-state index contributed by atoms with van der Waals surface area (Å²) in [5.41, 5.74) is 5.63. The SMILES string of the molecule is CC1CCCCCC1NC(=O)C1(N)CCCC1. The lowest BCUT2D eigenvalue weighted by molar-refractivity contribution is -0.127. The number of hydrogen-bond acceptors (Lipinski definition) is 2. The summed E-state index contributed by atoms with van der Waals surface area (Å²) in [4.78, 5) is 12.3. The predicted molar refractivity (Wildman–Crippen MR) is 69.6 cm³/mol. The van der Waals surface area contributed by atoms with Gasteiger partial charge in [0.05, 0.1) is 5.54 Å². The van der Waals surface area contributed by atoms with Gasteiger partial charge in [-0.1, -0.05) is 39.0 Å². The smallest absolute Gasteiger partial charge is 0.240 e. The van der Waals surface area contributed by atoms with Crippen molar-refractivity contribution in [1.82, 2.24) is 5.32 Å². The summed E-state index contributed by atoms with van der Waals surface area (Å²) in [5.74, 6) is 0.709. The van der Waals surface area contributed by atoms with E-state index in [1.165, 1.54) is 25.7 Å². The van der Waals surface area contributed by atoms with Crippen LogP contribution in [0.1, 0.15) is 64.7 Å². The third-order valence-electron chi connectivity index (χ3n) is 4.63. The zero-order valence-corrected chi connectivity index (χ0v) is 11.0. The number of hydrogen-bond donors (Lipinski definition) is 2. The summed E-state index contributed by atoms with van der Waals surface area (Å²) >= 11 is 0. The molecule has 2 aliphatic rings. The molecule has 2 saturated carbocycles. The average Bonchev–Trinajstić information content (AvgIpc) is 2.65. The molecule has 3 heteroatoms. The summed E-state index contributed by atoms with van der Waals surface area (Å²) < 4.78 is 0. The van der Waals surface area contributed by atoms with E-state index in [1.807, 2.05) is 0 Å². The number of nitrogens with two attached hydrogens (primary N) is 1. The third kappa shape index (κ3) is 3.01. The lowest BCUT2D eigenvalue weighted by atomic mass is 9.93. The molecule has 0 bridgehead atoms. The van der Waals surface area contributed by atoms with Gasteiger partial charge in [-0.3, -0.25) is 4.79 Å². The van der Waals surface area contributed by atoms with Crippen molar-refractivity contribution in [2.24, 2.45) is 11.7 Å². The van der Waals surface area contributed by atoms with Crippen molar-refractivity contribution < 1.29 is 4.79 Å². The molecule has 3 N–H and O–H groups in total. The predicted octanol–water partition coefficient (Wildman–Crippen LogP) is 2.34. The lowest BCUT2D eigenvalue weighted by Gasteiger charge is -2.29. The van der Waals surface area contributed by atoms with Gasteiger partial charge in [-0.05, 0) is 31.6 Å². The van der Waals surface area contributed by atoms with Crippen LogP contribution in [0, 0.1) is 5.92 Å². The Labute approximate surface area is 105 Å². The molecular formula is C14H26N2O. The highest BCUT2D eigenvalue weighted by Crippen LogP contribution is 2.29. The third-order valence-corrected chi connectivity index (χ3v) is 4.63. The molecule has 0 aromatic carbocycles. The molecule has 0 spiro atoms. The Bertz CT molecular complexity index is 271. The van der Waals surface area contributed by atoms with Crippen LogP contribution in [0.4, 0.5) is 0 Å². The Kier molecular flexibility index (Phi) is 4.08. The maximum absolute atomic E-state index is 12.3. The normalized spacial score (nSPS) is 33.1. The lowest BCUT2D eigenvalue weighted by Crippen LogP contribution is -2.55. The Balaban J connectivity index is 1.92. The topological polar surface area (TPSA) is 55.1 Å². The van der Waals surface area contributed by atoms with E-state index < -0.39 is 5.54 Å². The van der Waals surface area contributed by atoms with Crippen LogP contribution in [-0.4, -0.2) is 17.5 Å². The summed E-state index contributed by atoms with van der Waals surface area (Å²) in [6.07, 6.45) is 10.2. The minimum Gasteiger partial charge on any atom is -0.352 e.